The van der Waals surface area contributed by atoms with Crippen molar-refractivity contribution in [2.24, 2.45) is 5.73 Å². The van der Waals surface area contributed by atoms with Crippen molar-refractivity contribution in [3.05, 3.63) is 30.3 Å². The predicted molar refractivity (Wildman–Crippen MR) is 86.1 cm³/mol. The number of nitrogens with two attached hydrogens (primary N) is 1. The molecule has 0 aliphatic carbocycles. The molecule has 0 saturated carbocycles. The van der Waals surface area contributed by atoms with Crippen molar-refractivity contribution in [1.82, 2.24) is 9.80 Å². The zero-order valence-electron chi connectivity index (χ0n) is 13.2. The third-order valence-corrected chi connectivity index (χ3v) is 6.09. The number of sulfonamides is 1. The first-order chi connectivity index (χ1) is 10.7. The Bertz CT molecular complexity index is 707. The maximum atomic E-state index is 13.0. The largest absolute Gasteiger partial charge is 0.327 e. The maximum Gasteiger partial charge on any atom is 0.327 e. The molecule has 1 fully saturated rings. The Labute approximate surface area is 135 Å². The first kappa shape index (κ1) is 17.2. The van der Waals surface area contributed by atoms with E-state index in [1.165, 1.54) is 14.1 Å². The van der Waals surface area contributed by atoms with E-state index in [9.17, 15) is 18.0 Å². The minimum atomic E-state index is -4.09. The van der Waals surface area contributed by atoms with Crippen molar-refractivity contribution in [2.75, 3.05) is 24.9 Å². The number of hydrogen-bond donors (Lipinski definition) is 1. The average Bonchev–Trinajstić information content (AvgIpc) is 2.52. The summed E-state index contributed by atoms with van der Waals surface area (Å²) in [7, 11) is -1.47. The number of benzene rings is 1. The van der Waals surface area contributed by atoms with Gasteiger partial charge in [-0.2, -0.15) is 0 Å². The first-order valence-corrected chi connectivity index (χ1v) is 8.60. The molecule has 2 rings (SSSR count). The van der Waals surface area contributed by atoms with Crippen LogP contribution in [-0.2, 0) is 14.8 Å². The third-order valence-electron chi connectivity index (χ3n) is 3.88. The van der Waals surface area contributed by atoms with Crippen molar-refractivity contribution in [3.63, 3.8) is 0 Å². The SMILES string of the molecule is CCN(c1ccccc1)S(=O)(=O)C1C(=O)N(C)C(=O)N(C)C1N. The molecular formula is C14H20N4O4S. The highest BCUT2D eigenvalue weighted by molar-refractivity contribution is 7.94. The van der Waals surface area contributed by atoms with Gasteiger partial charge in [0.1, 0.15) is 6.17 Å². The number of nitrogens with zero attached hydrogens (tertiary/aromatic N) is 3. The second-order valence-electron chi connectivity index (χ2n) is 5.25. The Kier molecular flexibility index (Phi) is 4.62. The van der Waals surface area contributed by atoms with Gasteiger partial charge in [0.2, 0.25) is 0 Å². The lowest BCUT2D eigenvalue weighted by Gasteiger charge is -2.40. The van der Waals surface area contributed by atoms with Gasteiger partial charge in [0.05, 0.1) is 5.69 Å². The maximum absolute atomic E-state index is 13.0. The van der Waals surface area contributed by atoms with Crippen molar-refractivity contribution >= 4 is 27.6 Å². The molecule has 0 radical (unpaired) electrons. The molecule has 1 saturated heterocycles. The smallest absolute Gasteiger partial charge is 0.310 e. The molecule has 1 aliphatic heterocycles. The number of hydrogen-bond acceptors (Lipinski definition) is 5. The van der Waals surface area contributed by atoms with Gasteiger partial charge in [-0.3, -0.25) is 14.0 Å². The van der Waals surface area contributed by atoms with Crippen molar-refractivity contribution in [3.8, 4) is 0 Å². The standard InChI is InChI=1S/C14H20N4O4S/c1-4-18(10-8-6-5-7-9-10)23(21,22)11-12(15)16(2)14(20)17(3)13(11)19/h5-9,11-12H,4,15H2,1-3H3. The average molecular weight is 340 g/mol. The van der Waals surface area contributed by atoms with E-state index in [-0.39, 0.29) is 6.54 Å². The third kappa shape index (κ3) is 2.77. The molecule has 2 N–H and O–H groups in total. The summed E-state index contributed by atoms with van der Waals surface area (Å²) in [5.41, 5.74) is 6.32. The molecule has 0 aromatic heterocycles. The van der Waals surface area contributed by atoms with Crippen LogP contribution in [0.25, 0.3) is 0 Å². The van der Waals surface area contributed by atoms with Crippen LogP contribution in [-0.4, -0.2) is 62.2 Å². The first-order valence-electron chi connectivity index (χ1n) is 7.10. The van der Waals surface area contributed by atoms with Gasteiger partial charge < -0.3 is 10.6 Å². The van der Waals surface area contributed by atoms with E-state index in [2.05, 4.69) is 0 Å². The summed E-state index contributed by atoms with van der Waals surface area (Å²) in [4.78, 5) is 26.1. The summed E-state index contributed by atoms with van der Waals surface area (Å²) in [5.74, 6) is -0.824. The molecule has 9 heteroatoms. The van der Waals surface area contributed by atoms with Crippen LogP contribution < -0.4 is 10.0 Å². The highest BCUT2D eigenvalue weighted by Gasteiger charge is 2.50. The number of amides is 3. The summed E-state index contributed by atoms with van der Waals surface area (Å²) in [6, 6.07) is 7.82. The number of anilines is 1. The number of carbonyl (C=O) groups is 2. The second-order valence-corrected chi connectivity index (χ2v) is 7.23. The number of rotatable bonds is 4. The van der Waals surface area contributed by atoms with Gasteiger partial charge in [-0.1, -0.05) is 18.2 Å². The minimum Gasteiger partial charge on any atom is -0.310 e. The van der Waals surface area contributed by atoms with Gasteiger partial charge >= 0.3 is 6.03 Å². The molecule has 3 amide bonds. The highest BCUT2D eigenvalue weighted by Crippen LogP contribution is 2.25. The van der Waals surface area contributed by atoms with Crippen molar-refractivity contribution in [1.29, 1.82) is 0 Å². The van der Waals surface area contributed by atoms with E-state index >= 15 is 0 Å². The Morgan fingerprint density at radius 1 is 1.17 bits per heavy atom. The number of imide groups is 1. The molecule has 2 unspecified atom stereocenters. The van der Waals surface area contributed by atoms with Crippen molar-refractivity contribution in [2.45, 2.75) is 18.3 Å². The predicted octanol–water partition coefficient (Wildman–Crippen LogP) is 0.0199. The Morgan fingerprint density at radius 2 is 1.74 bits per heavy atom. The molecular weight excluding hydrogens is 320 g/mol. The topological polar surface area (TPSA) is 104 Å². The highest BCUT2D eigenvalue weighted by atomic mass is 32.2. The Morgan fingerprint density at radius 3 is 2.26 bits per heavy atom. The van der Waals surface area contributed by atoms with Gasteiger partial charge in [-0.05, 0) is 19.1 Å². The van der Waals surface area contributed by atoms with Crippen molar-refractivity contribution < 1.29 is 18.0 Å². The fourth-order valence-electron chi connectivity index (χ4n) is 2.54. The van der Waals surface area contributed by atoms with E-state index in [4.69, 9.17) is 5.73 Å². The molecule has 1 heterocycles. The number of carbonyl (C=O) groups excluding carboxylic acids is 2. The molecule has 23 heavy (non-hydrogen) atoms. The lowest BCUT2D eigenvalue weighted by molar-refractivity contribution is -0.130. The van der Waals surface area contributed by atoms with E-state index in [0.29, 0.717) is 5.69 Å². The van der Waals surface area contributed by atoms with Gasteiger partial charge in [0, 0.05) is 20.6 Å². The molecule has 2 atom stereocenters. The molecule has 0 spiro atoms. The molecule has 8 nitrogen and oxygen atoms in total. The van der Waals surface area contributed by atoms with Crippen LogP contribution in [0.15, 0.2) is 30.3 Å². The summed E-state index contributed by atoms with van der Waals surface area (Å²) in [6.07, 6.45) is -1.24. The van der Waals surface area contributed by atoms with Crippen LogP contribution >= 0.6 is 0 Å². The number of para-hydroxylation sites is 1. The second kappa shape index (κ2) is 6.17. The summed E-state index contributed by atoms with van der Waals surface area (Å²) in [6.45, 7) is 1.81. The zero-order chi connectivity index (χ0) is 17.4. The molecule has 1 aromatic carbocycles. The Balaban J connectivity index is 2.48. The van der Waals surface area contributed by atoms with Crippen LogP contribution in [0.1, 0.15) is 6.92 Å². The fraction of sp³-hybridized carbons (Fsp3) is 0.429. The zero-order valence-corrected chi connectivity index (χ0v) is 14.0. The summed E-state index contributed by atoms with van der Waals surface area (Å²) >= 11 is 0. The van der Waals surface area contributed by atoms with Crippen LogP contribution in [0, 0.1) is 0 Å². The Hall–Kier alpha value is -2.13. The molecule has 126 valence electrons. The van der Waals surface area contributed by atoms with E-state index in [0.717, 1.165) is 14.1 Å². The normalized spacial score (nSPS) is 22.4. The van der Waals surface area contributed by atoms with Gasteiger partial charge in [0.25, 0.3) is 15.9 Å². The van der Waals surface area contributed by atoms with Gasteiger partial charge in [-0.15, -0.1) is 0 Å². The van der Waals surface area contributed by atoms with Crippen LogP contribution in [0.3, 0.4) is 0 Å². The van der Waals surface area contributed by atoms with Gasteiger partial charge in [0.15, 0.2) is 5.25 Å². The molecule has 1 aromatic rings. The van der Waals surface area contributed by atoms with E-state index in [1.807, 2.05) is 0 Å². The lowest BCUT2D eigenvalue weighted by Crippen LogP contribution is -2.68. The molecule has 0 bridgehead atoms. The number of urea groups is 1. The monoisotopic (exact) mass is 340 g/mol. The van der Waals surface area contributed by atoms with Gasteiger partial charge in [-0.25, -0.2) is 13.2 Å². The van der Waals surface area contributed by atoms with Crippen LogP contribution in [0.2, 0.25) is 0 Å². The summed E-state index contributed by atoms with van der Waals surface area (Å²) < 4.78 is 27.1. The van der Waals surface area contributed by atoms with Crippen LogP contribution in [0.5, 0.6) is 0 Å². The molecule has 1 aliphatic rings. The quantitative estimate of drug-likeness (QED) is 0.832. The minimum absolute atomic E-state index is 0.143. The van der Waals surface area contributed by atoms with Crippen LogP contribution in [0.4, 0.5) is 10.5 Å². The van der Waals surface area contributed by atoms with E-state index in [1.54, 1.807) is 37.3 Å². The summed E-state index contributed by atoms with van der Waals surface area (Å²) in [5, 5.41) is -1.55. The fourth-order valence-corrected chi connectivity index (χ4v) is 4.54. The van der Waals surface area contributed by atoms with E-state index < -0.39 is 33.4 Å². The lowest BCUT2D eigenvalue weighted by atomic mass is 10.2.